The fourth-order valence-corrected chi connectivity index (χ4v) is 6.51. The zero-order chi connectivity index (χ0) is 33.4. The van der Waals surface area contributed by atoms with Gasteiger partial charge in [-0.25, -0.2) is 9.18 Å². The maximum absolute atomic E-state index is 14.5. The van der Waals surface area contributed by atoms with Crippen LogP contribution in [0.2, 0.25) is 5.02 Å². The molecule has 1 fully saturated rings. The molecule has 1 saturated carbocycles. The minimum Gasteiger partial charge on any atom is -0.479 e. The number of carbonyl (C=O) groups is 3. The standard InChI is InChI=1S/C36H39ClFN3O5/c1-6-35(7-2)21-36(35,33(44)45)40-31(42)29-18-23-17-28(46-27-10-8-9-24(37)19-27)16-11-22(23)20-41(29)32(43)30(34(3,4)5)39-26-14-12-25(38)13-15-26/h6,8-17,19,29-30,39H,1,7,18,20-21H2,2-5H3,(H,40,42)(H,44,45)/t29?,30-,35+,36+/m1/s1. The Morgan fingerprint density at radius 2 is 1.80 bits per heavy atom. The first-order chi connectivity index (χ1) is 21.7. The van der Waals surface area contributed by atoms with E-state index in [0.717, 1.165) is 11.1 Å². The number of halogens is 2. The highest BCUT2D eigenvalue weighted by Gasteiger charge is 2.71. The third-order valence-electron chi connectivity index (χ3n) is 9.22. The van der Waals surface area contributed by atoms with E-state index in [1.54, 1.807) is 48.5 Å². The molecule has 1 aliphatic heterocycles. The molecule has 5 rings (SSSR count). The number of aliphatic carboxylic acids is 1. The van der Waals surface area contributed by atoms with Crippen molar-refractivity contribution in [3.63, 3.8) is 0 Å². The van der Waals surface area contributed by atoms with E-state index in [1.165, 1.54) is 17.0 Å². The van der Waals surface area contributed by atoms with Crippen LogP contribution in [0.3, 0.4) is 0 Å². The number of anilines is 1. The fraction of sp³-hybridized carbons (Fsp3) is 0.361. The van der Waals surface area contributed by atoms with Crippen molar-refractivity contribution in [2.24, 2.45) is 10.8 Å². The summed E-state index contributed by atoms with van der Waals surface area (Å²) in [6.07, 6.45) is 2.43. The van der Waals surface area contributed by atoms with E-state index in [2.05, 4.69) is 17.2 Å². The van der Waals surface area contributed by atoms with E-state index >= 15 is 0 Å². The summed E-state index contributed by atoms with van der Waals surface area (Å²) in [5.74, 6) is -1.36. The molecule has 1 heterocycles. The van der Waals surface area contributed by atoms with E-state index in [-0.39, 0.29) is 25.3 Å². The minimum absolute atomic E-state index is 0.113. The summed E-state index contributed by atoms with van der Waals surface area (Å²) in [6.45, 7) is 11.5. The lowest BCUT2D eigenvalue weighted by Gasteiger charge is -2.41. The number of carbonyl (C=O) groups excluding carboxylic acids is 2. The van der Waals surface area contributed by atoms with Crippen LogP contribution in [-0.2, 0) is 27.3 Å². The number of amides is 2. The maximum atomic E-state index is 14.5. The van der Waals surface area contributed by atoms with Gasteiger partial charge in [-0.05, 0) is 84.0 Å². The Hall–Kier alpha value is -4.37. The number of carboxylic acids is 1. The second-order valence-electron chi connectivity index (χ2n) is 13.2. The normalized spacial score (nSPS) is 22.7. The van der Waals surface area contributed by atoms with Crippen LogP contribution in [0, 0.1) is 16.6 Å². The monoisotopic (exact) mass is 647 g/mol. The molecule has 1 unspecified atom stereocenters. The topological polar surface area (TPSA) is 108 Å². The number of ether oxygens (including phenoxy) is 1. The Balaban J connectivity index is 1.50. The van der Waals surface area contributed by atoms with E-state index in [1.807, 2.05) is 39.8 Å². The van der Waals surface area contributed by atoms with Gasteiger partial charge in [-0.1, -0.05) is 57.5 Å². The van der Waals surface area contributed by atoms with Crippen LogP contribution >= 0.6 is 11.6 Å². The van der Waals surface area contributed by atoms with Crippen molar-refractivity contribution in [1.29, 1.82) is 0 Å². The van der Waals surface area contributed by atoms with Gasteiger partial charge in [0.25, 0.3) is 0 Å². The number of benzene rings is 3. The highest BCUT2D eigenvalue weighted by Crippen LogP contribution is 2.60. The van der Waals surface area contributed by atoms with E-state index in [4.69, 9.17) is 16.3 Å². The molecule has 0 saturated heterocycles. The summed E-state index contributed by atoms with van der Waals surface area (Å²) in [4.78, 5) is 42.7. The van der Waals surface area contributed by atoms with E-state index in [0.29, 0.717) is 28.6 Å². The van der Waals surface area contributed by atoms with E-state index < -0.39 is 46.1 Å². The van der Waals surface area contributed by atoms with Crippen molar-refractivity contribution in [2.45, 2.75) is 71.1 Å². The van der Waals surface area contributed by atoms with Crippen molar-refractivity contribution in [3.8, 4) is 11.5 Å². The molecular weight excluding hydrogens is 609 g/mol. The Morgan fingerprint density at radius 3 is 2.39 bits per heavy atom. The summed E-state index contributed by atoms with van der Waals surface area (Å²) >= 11 is 6.13. The lowest BCUT2D eigenvalue weighted by Crippen LogP contribution is -2.60. The number of hydrogen-bond donors (Lipinski definition) is 3. The quantitative estimate of drug-likeness (QED) is 0.205. The van der Waals surface area contributed by atoms with Gasteiger partial charge in [0.05, 0.1) is 0 Å². The molecule has 2 amide bonds. The SMILES string of the molecule is C=C[C@]1(CC)C[C@]1(NC(=O)C1Cc2cc(Oc3cccc(Cl)c3)ccc2CN1C(=O)[C@@H](Nc1ccc(F)cc1)C(C)(C)C)C(=O)O. The molecule has 8 nitrogen and oxygen atoms in total. The first kappa shape index (κ1) is 33.0. The average molecular weight is 648 g/mol. The number of rotatable bonds is 10. The molecule has 10 heteroatoms. The molecule has 3 aromatic rings. The van der Waals surface area contributed by atoms with Crippen LogP contribution in [0.4, 0.5) is 10.1 Å². The second kappa shape index (κ2) is 12.4. The molecule has 1 aliphatic carbocycles. The maximum Gasteiger partial charge on any atom is 0.330 e. The Labute approximate surface area is 273 Å². The summed E-state index contributed by atoms with van der Waals surface area (Å²) in [5.41, 5.74) is -0.723. The highest BCUT2D eigenvalue weighted by molar-refractivity contribution is 6.30. The first-order valence-corrected chi connectivity index (χ1v) is 15.7. The molecule has 3 aromatic carbocycles. The predicted molar refractivity (Wildman–Crippen MR) is 175 cm³/mol. The molecule has 4 atom stereocenters. The molecule has 0 bridgehead atoms. The molecule has 3 N–H and O–H groups in total. The van der Waals surface area contributed by atoms with Gasteiger partial charge in [0, 0.05) is 29.1 Å². The Morgan fingerprint density at radius 1 is 1.11 bits per heavy atom. The van der Waals surface area contributed by atoms with Crippen molar-refractivity contribution < 1.29 is 28.6 Å². The zero-order valence-corrected chi connectivity index (χ0v) is 27.2. The van der Waals surface area contributed by atoms with Gasteiger partial charge in [-0.3, -0.25) is 9.59 Å². The molecule has 0 radical (unpaired) electrons. The summed E-state index contributed by atoms with van der Waals surface area (Å²) in [7, 11) is 0. The highest BCUT2D eigenvalue weighted by atomic mass is 35.5. The van der Waals surface area contributed by atoms with Crippen molar-refractivity contribution in [3.05, 3.63) is 101 Å². The van der Waals surface area contributed by atoms with Gasteiger partial charge in [0.15, 0.2) is 0 Å². The van der Waals surface area contributed by atoms with Gasteiger partial charge in [0.1, 0.15) is 34.9 Å². The number of carboxylic acid groups (broad SMARTS) is 1. The van der Waals surface area contributed by atoms with Crippen LogP contribution in [-0.4, -0.2) is 45.4 Å². The summed E-state index contributed by atoms with van der Waals surface area (Å²) in [5, 5.41) is 16.9. The van der Waals surface area contributed by atoms with Gasteiger partial charge in [-0.2, -0.15) is 0 Å². The number of nitrogens with one attached hydrogen (secondary N) is 2. The summed E-state index contributed by atoms with van der Waals surface area (Å²) in [6, 6.07) is 16.4. The van der Waals surface area contributed by atoms with Gasteiger partial charge >= 0.3 is 5.97 Å². The summed E-state index contributed by atoms with van der Waals surface area (Å²) < 4.78 is 19.7. The van der Waals surface area contributed by atoms with Crippen LogP contribution < -0.4 is 15.4 Å². The van der Waals surface area contributed by atoms with E-state index in [9.17, 15) is 23.9 Å². The fourth-order valence-electron chi connectivity index (χ4n) is 6.33. The molecular formula is C36H39ClFN3O5. The minimum atomic E-state index is -1.51. The van der Waals surface area contributed by atoms with Gasteiger partial charge in [0.2, 0.25) is 11.8 Å². The van der Waals surface area contributed by atoms with Crippen LogP contribution in [0.5, 0.6) is 11.5 Å². The molecule has 46 heavy (non-hydrogen) atoms. The molecule has 0 aromatic heterocycles. The Bertz CT molecular complexity index is 1670. The van der Waals surface area contributed by atoms with Gasteiger partial charge < -0.3 is 25.4 Å². The lowest BCUT2D eigenvalue weighted by molar-refractivity contribution is -0.148. The van der Waals surface area contributed by atoms with Crippen molar-refractivity contribution in [1.82, 2.24) is 10.2 Å². The first-order valence-electron chi connectivity index (χ1n) is 15.3. The average Bonchev–Trinajstić information content (AvgIpc) is 3.68. The number of hydrogen-bond acceptors (Lipinski definition) is 5. The van der Waals surface area contributed by atoms with Crippen LogP contribution in [0.15, 0.2) is 79.4 Å². The largest absolute Gasteiger partial charge is 0.479 e. The Kier molecular flexibility index (Phi) is 8.92. The number of fused-ring (bicyclic) bond motifs is 1. The van der Waals surface area contributed by atoms with Gasteiger partial charge in [-0.15, -0.1) is 6.58 Å². The van der Waals surface area contributed by atoms with Crippen LogP contribution in [0.25, 0.3) is 0 Å². The molecule has 242 valence electrons. The zero-order valence-electron chi connectivity index (χ0n) is 26.4. The second-order valence-corrected chi connectivity index (χ2v) is 13.7. The predicted octanol–water partition coefficient (Wildman–Crippen LogP) is 6.98. The van der Waals surface area contributed by atoms with Crippen molar-refractivity contribution >= 4 is 35.1 Å². The van der Waals surface area contributed by atoms with Crippen molar-refractivity contribution in [2.75, 3.05) is 5.32 Å². The van der Waals surface area contributed by atoms with Crippen LogP contribution in [0.1, 0.15) is 51.7 Å². The molecule has 0 spiro atoms. The third kappa shape index (κ3) is 6.33. The lowest BCUT2D eigenvalue weighted by atomic mass is 9.84. The molecule has 2 aliphatic rings. The smallest absolute Gasteiger partial charge is 0.330 e. The third-order valence-corrected chi connectivity index (χ3v) is 9.46. The number of nitrogens with zero attached hydrogens (tertiary/aromatic N) is 1.